The number of hydrogen-bond acceptors (Lipinski definition) is 2. The van der Waals surface area contributed by atoms with Crippen molar-refractivity contribution in [3.8, 4) is 5.75 Å². The molecule has 1 fully saturated rings. The molecule has 2 heteroatoms. The second-order valence-electron chi connectivity index (χ2n) is 5.61. The quantitative estimate of drug-likeness (QED) is 0.880. The first-order valence-corrected chi connectivity index (χ1v) is 7.20. The highest BCUT2D eigenvalue weighted by Gasteiger charge is 2.53. The molecule has 4 unspecified atom stereocenters. The van der Waals surface area contributed by atoms with E-state index in [4.69, 9.17) is 4.74 Å². The van der Waals surface area contributed by atoms with Gasteiger partial charge < -0.3 is 10.1 Å². The Hall–Kier alpha value is -1.02. The fourth-order valence-corrected chi connectivity index (χ4v) is 4.15. The minimum absolute atomic E-state index is 0.725. The van der Waals surface area contributed by atoms with Gasteiger partial charge in [0.2, 0.25) is 0 Å². The molecule has 2 nitrogen and oxygen atoms in total. The second-order valence-corrected chi connectivity index (χ2v) is 5.61. The molecular formula is C16H23NO. The number of methoxy groups -OCH3 is 1. The van der Waals surface area contributed by atoms with E-state index in [1.54, 1.807) is 18.2 Å². The van der Waals surface area contributed by atoms with Gasteiger partial charge in [-0.25, -0.2) is 0 Å². The zero-order valence-corrected chi connectivity index (χ0v) is 11.6. The first-order chi connectivity index (χ1) is 8.80. The molecule has 1 saturated carbocycles. The Labute approximate surface area is 110 Å². The van der Waals surface area contributed by atoms with E-state index in [-0.39, 0.29) is 0 Å². The van der Waals surface area contributed by atoms with Gasteiger partial charge in [-0.15, -0.1) is 0 Å². The Morgan fingerprint density at radius 2 is 2.17 bits per heavy atom. The average molecular weight is 245 g/mol. The highest BCUT2D eigenvalue weighted by atomic mass is 16.5. The van der Waals surface area contributed by atoms with Gasteiger partial charge in [0.15, 0.2) is 0 Å². The Kier molecular flexibility index (Phi) is 3.06. The van der Waals surface area contributed by atoms with E-state index in [1.807, 2.05) is 0 Å². The molecule has 0 spiro atoms. The van der Waals surface area contributed by atoms with E-state index in [0.29, 0.717) is 0 Å². The largest absolute Gasteiger partial charge is 0.497 e. The fraction of sp³-hybridized carbons (Fsp3) is 0.625. The summed E-state index contributed by atoms with van der Waals surface area (Å²) in [7, 11) is 1.76. The molecule has 98 valence electrons. The summed E-state index contributed by atoms with van der Waals surface area (Å²) in [6.07, 6.45) is 2.52. The molecule has 3 rings (SSSR count). The summed E-state index contributed by atoms with van der Waals surface area (Å²) in [6, 6.07) is 7.36. The first kappa shape index (κ1) is 12.0. The molecule has 0 heterocycles. The molecule has 0 saturated heterocycles. The smallest absolute Gasteiger partial charge is 0.119 e. The Balaban J connectivity index is 1.89. The Morgan fingerprint density at radius 1 is 1.33 bits per heavy atom. The third-order valence-electron chi connectivity index (χ3n) is 4.92. The molecular weight excluding hydrogens is 222 g/mol. The summed E-state index contributed by atoms with van der Waals surface area (Å²) < 4.78 is 5.37. The fourth-order valence-electron chi connectivity index (χ4n) is 4.15. The van der Waals surface area contributed by atoms with Crippen molar-refractivity contribution in [2.75, 3.05) is 13.7 Å². The highest BCUT2D eigenvalue weighted by Crippen LogP contribution is 2.56. The third-order valence-corrected chi connectivity index (χ3v) is 4.92. The van der Waals surface area contributed by atoms with Crippen LogP contribution >= 0.6 is 0 Å². The lowest BCUT2D eigenvalue weighted by Crippen LogP contribution is -2.55. The van der Waals surface area contributed by atoms with Crippen molar-refractivity contribution in [2.45, 2.75) is 38.6 Å². The molecule has 4 atom stereocenters. The lowest BCUT2D eigenvalue weighted by Gasteiger charge is -2.49. The van der Waals surface area contributed by atoms with Crippen molar-refractivity contribution < 1.29 is 4.74 Å². The van der Waals surface area contributed by atoms with Crippen LogP contribution in [0.25, 0.3) is 0 Å². The van der Waals surface area contributed by atoms with Gasteiger partial charge in [0.1, 0.15) is 5.75 Å². The van der Waals surface area contributed by atoms with Crippen LogP contribution in [-0.2, 0) is 6.42 Å². The minimum atomic E-state index is 0.725. The van der Waals surface area contributed by atoms with Crippen LogP contribution in [0.2, 0.25) is 0 Å². The average Bonchev–Trinajstić information content (AvgIpc) is 2.71. The van der Waals surface area contributed by atoms with Gasteiger partial charge >= 0.3 is 0 Å². The summed E-state index contributed by atoms with van der Waals surface area (Å²) in [5.41, 5.74) is 3.10. The van der Waals surface area contributed by atoms with Crippen LogP contribution in [-0.4, -0.2) is 19.7 Å². The molecule has 2 aliphatic rings. The molecule has 1 aromatic rings. The van der Waals surface area contributed by atoms with E-state index in [9.17, 15) is 0 Å². The number of benzene rings is 1. The van der Waals surface area contributed by atoms with Crippen LogP contribution < -0.4 is 10.1 Å². The lowest BCUT2D eigenvalue weighted by atomic mass is 9.60. The van der Waals surface area contributed by atoms with E-state index in [2.05, 4.69) is 37.4 Å². The maximum Gasteiger partial charge on any atom is 0.119 e. The number of fused-ring (bicyclic) bond motifs is 3. The van der Waals surface area contributed by atoms with Crippen LogP contribution in [0.15, 0.2) is 18.2 Å². The van der Waals surface area contributed by atoms with Crippen LogP contribution in [0, 0.1) is 11.8 Å². The van der Waals surface area contributed by atoms with Crippen molar-refractivity contribution in [3.63, 3.8) is 0 Å². The van der Waals surface area contributed by atoms with E-state index < -0.39 is 0 Å². The molecule has 2 aliphatic carbocycles. The number of rotatable bonds is 4. The summed E-state index contributed by atoms with van der Waals surface area (Å²) >= 11 is 0. The predicted octanol–water partition coefficient (Wildman–Crippen LogP) is 2.97. The number of nitrogens with one attached hydrogen (secondary N) is 1. The van der Waals surface area contributed by atoms with Crippen molar-refractivity contribution in [1.29, 1.82) is 0 Å². The van der Waals surface area contributed by atoms with E-state index in [0.717, 1.165) is 36.1 Å². The summed E-state index contributed by atoms with van der Waals surface area (Å²) in [5, 5.41) is 3.69. The van der Waals surface area contributed by atoms with Crippen molar-refractivity contribution >= 4 is 0 Å². The Morgan fingerprint density at radius 3 is 2.83 bits per heavy atom. The van der Waals surface area contributed by atoms with Crippen LogP contribution in [0.5, 0.6) is 5.75 Å². The normalized spacial score (nSPS) is 32.6. The van der Waals surface area contributed by atoms with Gasteiger partial charge in [-0.1, -0.05) is 26.3 Å². The minimum Gasteiger partial charge on any atom is -0.497 e. The molecule has 0 aliphatic heterocycles. The topological polar surface area (TPSA) is 21.3 Å². The SMILES string of the molecule is CCNC1C(CC)C2c3cc(OC)ccc3CC12. The molecule has 1 aromatic carbocycles. The summed E-state index contributed by atoms with van der Waals surface area (Å²) in [6.45, 7) is 5.62. The first-order valence-electron chi connectivity index (χ1n) is 7.20. The second kappa shape index (κ2) is 4.58. The lowest BCUT2D eigenvalue weighted by molar-refractivity contribution is 0.0809. The van der Waals surface area contributed by atoms with Gasteiger partial charge in [0.05, 0.1) is 7.11 Å². The van der Waals surface area contributed by atoms with Crippen LogP contribution in [0.3, 0.4) is 0 Å². The van der Waals surface area contributed by atoms with Gasteiger partial charge in [-0.05, 0) is 54.0 Å². The maximum absolute atomic E-state index is 5.37. The van der Waals surface area contributed by atoms with Crippen molar-refractivity contribution in [3.05, 3.63) is 29.3 Å². The van der Waals surface area contributed by atoms with E-state index >= 15 is 0 Å². The zero-order chi connectivity index (χ0) is 12.7. The van der Waals surface area contributed by atoms with Crippen LogP contribution in [0.4, 0.5) is 0 Å². The Bertz CT molecular complexity index is 437. The van der Waals surface area contributed by atoms with Gasteiger partial charge in [-0.3, -0.25) is 0 Å². The standard InChI is InChI=1S/C16H23NO/c1-4-12-15-13-9-11(18-3)7-6-10(13)8-14(15)16(12)17-5-2/h6-7,9,12,14-17H,4-5,8H2,1-3H3. The highest BCUT2D eigenvalue weighted by molar-refractivity contribution is 5.45. The van der Waals surface area contributed by atoms with Crippen LogP contribution in [0.1, 0.15) is 37.3 Å². The van der Waals surface area contributed by atoms with Gasteiger partial charge in [0, 0.05) is 6.04 Å². The van der Waals surface area contributed by atoms with Gasteiger partial charge in [0.25, 0.3) is 0 Å². The third kappa shape index (κ3) is 1.58. The predicted molar refractivity (Wildman–Crippen MR) is 74.2 cm³/mol. The summed E-state index contributed by atoms with van der Waals surface area (Å²) in [4.78, 5) is 0. The summed E-state index contributed by atoms with van der Waals surface area (Å²) in [5.74, 6) is 3.40. The van der Waals surface area contributed by atoms with Crippen molar-refractivity contribution in [1.82, 2.24) is 5.32 Å². The van der Waals surface area contributed by atoms with Crippen molar-refractivity contribution in [2.24, 2.45) is 11.8 Å². The molecule has 0 amide bonds. The monoisotopic (exact) mass is 245 g/mol. The van der Waals surface area contributed by atoms with Gasteiger partial charge in [-0.2, -0.15) is 0 Å². The molecule has 0 aromatic heterocycles. The molecule has 0 radical (unpaired) electrons. The molecule has 0 bridgehead atoms. The van der Waals surface area contributed by atoms with E-state index in [1.165, 1.54) is 12.8 Å². The molecule has 18 heavy (non-hydrogen) atoms. The number of hydrogen-bond donors (Lipinski definition) is 1. The molecule has 1 N–H and O–H groups in total. The maximum atomic E-state index is 5.37. The zero-order valence-electron chi connectivity index (χ0n) is 11.6. The number of ether oxygens (including phenoxy) is 1.